The Balaban J connectivity index is 1.55. The van der Waals surface area contributed by atoms with E-state index in [0.29, 0.717) is 17.0 Å². The highest BCUT2D eigenvalue weighted by Gasteiger charge is 2.22. The first-order valence-electron chi connectivity index (χ1n) is 14.9. The van der Waals surface area contributed by atoms with Gasteiger partial charge in [0.15, 0.2) is 0 Å². The summed E-state index contributed by atoms with van der Waals surface area (Å²) in [5.41, 5.74) is 12.5. The van der Waals surface area contributed by atoms with Gasteiger partial charge in [0.25, 0.3) is 0 Å². The minimum Gasteiger partial charge on any atom is -0.493 e. The molecule has 5 heteroatoms. The summed E-state index contributed by atoms with van der Waals surface area (Å²) in [4.78, 5) is 17.6. The van der Waals surface area contributed by atoms with Crippen molar-refractivity contribution in [1.82, 2.24) is 15.0 Å². The average molecular weight is 581 g/mol. The molecule has 3 aromatic heterocycles. The first-order chi connectivity index (χ1) is 22.2. The molecule has 4 heterocycles. The number of nitrogens with zero attached hydrogens (tertiary/aromatic N) is 2. The molecule has 5 nitrogen and oxygen atoms in total. The molecule has 0 saturated carbocycles. The van der Waals surface area contributed by atoms with Crippen molar-refractivity contribution in [3.63, 3.8) is 0 Å². The maximum atomic E-state index is 11.2. The number of aliphatic imine (C=N–C) groups is 1. The zero-order valence-electron chi connectivity index (χ0n) is 24.3. The van der Waals surface area contributed by atoms with Crippen LogP contribution in [0.5, 0.6) is 0 Å². The van der Waals surface area contributed by atoms with Crippen molar-refractivity contribution in [2.45, 2.75) is 0 Å². The summed E-state index contributed by atoms with van der Waals surface area (Å²) in [6.45, 7) is 0. The van der Waals surface area contributed by atoms with Crippen LogP contribution >= 0.6 is 0 Å². The normalized spacial score (nSPS) is 12.4. The molecule has 0 spiro atoms. The van der Waals surface area contributed by atoms with E-state index in [4.69, 9.17) is 9.98 Å². The molecule has 7 aromatic rings. The Kier molecular flexibility index (Phi) is 6.54. The largest absolute Gasteiger partial charge is 0.493 e. The fraction of sp³-hybridized carbons (Fsp3) is 0. The first-order valence-corrected chi connectivity index (χ1v) is 14.9. The molecule has 0 unspecified atom stereocenters. The monoisotopic (exact) mass is 580 g/mol. The smallest absolute Gasteiger partial charge is 0.218 e. The molecular weight excluding hydrogens is 552 g/mol. The molecule has 0 radical (unpaired) electrons. The summed E-state index contributed by atoms with van der Waals surface area (Å²) in [7, 11) is 0. The SMILES string of the molecule is OC(=NC1=Cc2nc1c(-c1ccccc1)c1ccc([nH]1)c(-c1ccccc1)c1ccc([nH]1)c2-c1ccccc1)c1ccccc1. The van der Waals surface area contributed by atoms with Gasteiger partial charge in [-0.25, -0.2) is 9.98 Å². The van der Waals surface area contributed by atoms with Gasteiger partial charge in [-0.3, -0.25) is 0 Å². The number of hydrogen-bond donors (Lipinski definition) is 3. The zero-order valence-corrected chi connectivity index (χ0v) is 24.3. The zero-order chi connectivity index (χ0) is 30.2. The molecule has 3 N–H and O–H groups in total. The molecule has 45 heavy (non-hydrogen) atoms. The van der Waals surface area contributed by atoms with Crippen molar-refractivity contribution in [2.75, 3.05) is 0 Å². The number of aromatic nitrogens is 3. The molecule has 4 aromatic carbocycles. The van der Waals surface area contributed by atoms with E-state index in [9.17, 15) is 5.11 Å². The lowest BCUT2D eigenvalue weighted by Gasteiger charge is -2.08. The highest BCUT2D eigenvalue weighted by Crippen LogP contribution is 2.40. The molecule has 0 atom stereocenters. The summed E-state index contributed by atoms with van der Waals surface area (Å²) in [5.74, 6) is -0.0668. The quantitative estimate of drug-likeness (QED) is 0.140. The average Bonchev–Trinajstić information content (AvgIpc) is 3.86. The number of aromatic amines is 2. The maximum Gasteiger partial charge on any atom is 0.218 e. The molecule has 1 aliphatic heterocycles. The summed E-state index contributed by atoms with van der Waals surface area (Å²) >= 11 is 0. The Bertz CT molecular complexity index is 2300. The Labute approximate surface area is 260 Å². The van der Waals surface area contributed by atoms with Gasteiger partial charge in [0.2, 0.25) is 5.90 Å². The van der Waals surface area contributed by atoms with Crippen LogP contribution in [0.3, 0.4) is 0 Å². The number of fused-ring (bicyclic) bond motifs is 6. The Morgan fingerprint density at radius 1 is 0.489 bits per heavy atom. The number of nitrogens with one attached hydrogen (secondary N) is 2. The van der Waals surface area contributed by atoms with Gasteiger partial charge in [-0.1, -0.05) is 109 Å². The van der Waals surface area contributed by atoms with Gasteiger partial charge in [0, 0.05) is 44.3 Å². The minimum atomic E-state index is -0.0668. The fourth-order valence-corrected chi connectivity index (χ4v) is 6.08. The first kappa shape index (κ1) is 26.4. The van der Waals surface area contributed by atoms with E-state index in [0.717, 1.165) is 61.1 Å². The number of hydrogen-bond acceptors (Lipinski definition) is 2. The molecular formula is C40H28N4O. The van der Waals surface area contributed by atoms with Gasteiger partial charge < -0.3 is 15.1 Å². The predicted octanol–water partition coefficient (Wildman–Crippen LogP) is 9.99. The standard InChI is InChI=1S/C40H28N4O/c45-40(29-19-11-4-12-20-29)44-35-25-34-37(27-15-7-2-8-16-27)32-22-21-30(41-32)36(26-13-5-1-6-14-26)31-23-24-33(42-31)38(39(35)43-34)28-17-9-3-10-18-28/h1-25,41-42H,(H,44,45). The van der Waals surface area contributed by atoms with Crippen LogP contribution in [-0.2, 0) is 0 Å². The summed E-state index contributed by atoms with van der Waals surface area (Å²) < 4.78 is 0. The van der Waals surface area contributed by atoms with Crippen LogP contribution < -0.4 is 0 Å². The fourth-order valence-electron chi connectivity index (χ4n) is 6.08. The van der Waals surface area contributed by atoms with E-state index >= 15 is 0 Å². The number of H-pyrrole nitrogens is 2. The van der Waals surface area contributed by atoms with Crippen LogP contribution in [0.1, 0.15) is 17.0 Å². The Morgan fingerprint density at radius 3 is 1.44 bits per heavy atom. The van der Waals surface area contributed by atoms with Crippen molar-refractivity contribution in [3.8, 4) is 33.4 Å². The molecule has 214 valence electrons. The van der Waals surface area contributed by atoms with Crippen LogP contribution in [0.2, 0.25) is 0 Å². The van der Waals surface area contributed by atoms with E-state index in [2.05, 4.69) is 82.8 Å². The van der Waals surface area contributed by atoms with Gasteiger partial charge in [-0.15, -0.1) is 0 Å². The van der Waals surface area contributed by atoms with Gasteiger partial charge in [0.05, 0.1) is 17.1 Å². The van der Waals surface area contributed by atoms with E-state index < -0.39 is 0 Å². The molecule has 0 aliphatic carbocycles. The topological polar surface area (TPSA) is 77.1 Å². The lowest BCUT2D eigenvalue weighted by atomic mass is 10.0. The summed E-state index contributed by atoms with van der Waals surface area (Å²) in [6.07, 6.45) is 1.98. The Hall–Kier alpha value is -6.20. The highest BCUT2D eigenvalue weighted by atomic mass is 16.3. The van der Waals surface area contributed by atoms with Crippen molar-refractivity contribution in [3.05, 3.63) is 163 Å². The van der Waals surface area contributed by atoms with Crippen molar-refractivity contribution in [2.24, 2.45) is 4.99 Å². The lowest BCUT2D eigenvalue weighted by Crippen LogP contribution is -1.99. The third-order valence-electron chi connectivity index (χ3n) is 8.14. The van der Waals surface area contributed by atoms with Crippen molar-refractivity contribution in [1.29, 1.82) is 0 Å². The molecule has 0 fully saturated rings. The van der Waals surface area contributed by atoms with Crippen molar-refractivity contribution >= 4 is 39.7 Å². The maximum absolute atomic E-state index is 11.2. The van der Waals surface area contributed by atoms with Gasteiger partial charge in [0.1, 0.15) is 0 Å². The van der Waals surface area contributed by atoms with Crippen LogP contribution in [0, 0.1) is 0 Å². The molecule has 0 saturated heterocycles. The van der Waals surface area contributed by atoms with Gasteiger partial charge in [-0.05, 0) is 59.2 Å². The number of aliphatic hydroxyl groups excluding tert-OH is 1. The van der Waals surface area contributed by atoms with Gasteiger partial charge in [-0.2, -0.15) is 0 Å². The van der Waals surface area contributed by atoms with E-state index in [1.165, 1.54) is 0 Å². The molecule has 6 bridgehead atoms. The predicted molar refractivity (Wildman–Crippen MR) is 185 cm³/mol. The van der Waals surface area contributed by atoms with Gasteiger partial charge >= 0.3 is 0 Å². The molecule has 8 rings (SSSR count). The number of rotatable bonds is 5. The second-order valence-corrected chi connectivity index (χ2v) is 11.0. The second kappa shape index (κ2) is 11.1. The van der Waals surface area contributed by atoms with E-state index in [-0.39, 0.29) is 5.90 Å². The Morgan fingerprint density at radius 2 is 0.911 bits per heavy atom. The second-order valence-electron chi connectivity index (χ2n) is 11.0. The van der Waals surface area contributed by atoms with Crippen LogP contribution in [0.15, 0.2) is 151 Å². The molecule has 1 aliphatic rings. The highest BCUT2D eigenvalue weighted by molar-refractivity contribution is 6.05. The summed E-state index contributed by atoms with van der Waals surface area (Å²) in [6, 6.07) is 48.8. The van der Waals surface area contributed by atoms with Crippen LogP contribution in [0.4, 0.5) is 0 Å². The third-order valence-corrected chi connectivity index (χ3v) is 8.14. The lowest BCUT2D eigenvalue weighted by molar-refractivity contribution is 0.555. The minimum absolute atomic E-state index is 0.0668. The number of benzene rings is 4. The van der Waals surface area contributed by atoms with Crippen molar-refractivity contribution < 1.29 is 5.11 Å². The van der Waals surface area contributed by atoms with Crippen LogP contribution in [-0.4, -0.2) is 26.0 Å². The number of aliphatic hydroxyl groups is 1. The third kappa shape index (κ3) is 4.86. The van der Waals surface area contributed by atoms with E-state index in [1.807, 2.05) is 78.9 Å². The van der Waals surface area contributed by atoms with Crippen LogP contribution in [0.25, 0.3) is 67.2 Å². The summed E-state index contributed by atoms with van der Waals surface area (Å²) in [5, 5.41) is 11.2. The molecule has 0 amide bonds. The van der Waals surface area contributed by atoms with E-state index in [1.54, 1.807) is 0 Å².